The van der Waals surface area contributed by atoms with Gasteiger partial charge in [0, 0.05) is 4.92 Å². The molecule has 2 aromatic rings. The van der Waals surface area contributed by atoms with E-state index in [1.165, 1.54) is 6.92 Å². The molecule has 8 nitrogen and oxygen atoms in total. The molecule has 0 heterocycles. The third-order valence-electron chi connectivity index (χ3n) is 4.77. The second kappa shape index (κ2) is 8.71. The van der Waals surface area contributed by atoms with Crippen LogP contribution in [0.1, 0.15) is 27.7 Å². The van der Waals surface area contributed by atoms with Gasteiger partial charge in [0.1, 0.15) is 0 Å². The molecule has 0 aliphatic carbocycles. The molecule has 0 aliphatic heterocycles. The van der Waals surface area contributed by atoms with Crippen molar-refractivity contribution in [2.24, 2.45) is 0 Å². The van der Waals surface area contributed by atoms with Crippen LogP contribution < -0.4 is 10.4 Å². The molecule has 2 rings (SSSR count). The molecule has 0 aliphatic rings. The van der Waals surface area contributed by atoms with Gasteiger partial charge in [-0.25, -0.2) is 0 Å². The third kappa shape index (κ3) is 5.18. The van der Waals surface area contributed by atoms with Crippen LogP contribution in [0.15, 0.2) is 60.7 Å². The van der Waals surface area contributed by atoms with Crippen LogP contribution in [0.3, 0.4) is 0 Å². The number of rotatable bonds is 9. The molecule has 9 heteroatoms. The molecule has 29 heavy (non-hydrogen) atoms. The largest absolute Gasteiger partial charge is 0.405 e. The van der Waals surface area contributed by atoms with Crippen molar-refractivity contribution in [3.8, 4) is 0 Å². The van der Waals surface area contributed by atoms with Gasteiger partial charge in [-0.05, 0) is 22.3 Å². The Morgan fingerprint density at radius 3 is 1.66 bits per heavy atom. The SMILES string of the molecule is CC(CO[Si](c1ccccc1)(c1ccccc1)C(C)(C)C)(C[N+](=O)[O-])O[N+](=O)[O-]. The standard InChI is InChI=1S/C20H26N2O6Si/c1-19(2,3)29(17-11-7-5-8-12-17,18-13-9-6-10-14-18)27-16-20(4,15-21(23)24)28-22(25)26/h5-14H,15-16H2,1-4H3. The van der Waals surface area contributed by atoms with Gasteiger partial charge in [-0.1, -0.05) is 81.4 Å². The highest BCUT2D eigenvalue weighted by atomic mass is 28.4. The zero-order valence-corrected chi connectivity index (χ0v) is 18.0. The van der Waals surface area contributed by atoms with Crippen LogP contribution in [0.5, 0.6) is 0 Å². The van der Waals surface area contributed by atoms with E-state index in [0.29, 0.717) is 0 Å². The molecule has 0 saturated heterocycles. The van der Waals surface area contributed by atoms with E-state index >= 15 is 0 Å². The lowest BCUT2D eigenvalue weighted by Gasteiger charge is -2.44. The number of nitro groups is 1. The molecule has 0 radical (unpaired) electrons. The highest BCUT2D eigenvalue weighted by Crippen LogP contribution is 2.37. The molecule has 0 bridgehead atoms. The van der Waals surface area contributed by atoms with Crippen LogP contribution >= 0.6 is 0 Å². The molecule has 2 aromatic carbocycles. The average molecular weight is 419 g/mol. The monoisotopic (exact) mass is 418 g/mol. The summed E-state index contributed by atoms with van der Waals surface area (Å²) in [4.78, 5) is 26.2. The van der Waals surface area contributed by atoms with E-state index in [0.717, 1.165) is 10.4 Å². The molecule has 156 valence electrons. The van der Waals surface area contributed by atoms with Crippen molar-refractivity contribution < 1.29 is 19.3 Å². The van der Waals surface area contributed by atoms with E-state index in [1.54, 1.807) is 0 Å². The first-order valence-electron chi connectivity index (χ1n) is 9.20. The maximum Gasteiger partial charge on any atom is 0.295 e. The third-order valence-corrected chi connectivity index (χ3v) is 9.75. The molecule has 0 saturated carbocycles. The first-order valence-corrected chi connectivity index (χ1v) is 11.1. The Morgan fingerprint density at radius 1 is 0.862 bits per heavy atom. The molecule has 0 N–H and O–H groups in total. The fourth-order valence-electron chi connectivity index (χ4n) is 3.58. The number of benzene rings is 2. The van der Waals surface area contributed by atoms with Gasteiger partial charge in [0.25, 0.3) is 13.4 Å². The smallest absolute Gasteiger partial charge is 0.295 e. The van der Waals surface area contributed by atoms with Crippen molar-refractivity contribution >= 4 is 18.7 Å². The summed E-state index contributed by atoms with van der Waals surface area (Å²) >= 11 is 0. The quantitative estimate of drug-likeness (QED) is 0.352. The Balaban J connectivity index is 2.58. The minimum absolute atomic E-state index is 0.289. The van der Waals surface area contributed by atoms with Gasteiger partial charge < -0.3 is 4.43 Å². The van der Waals surface area contributed by atoms with E-state index in [1.807, 2.05) is 60.7 Å². The van der Waals surface area contributed by atoms with Gasteiger partial charge >= 0.3 is 0 Å². The van der Waals surface area contributed by atoms with Crippen molar-refractivity contribution in [2.45, 2.75) is 38.3 Å². The summed E-state index contributed by atoms with van der Waals surface area (Å²) in [6, 6.07) is 19.4. The van der Waals surface area contributed by atoms with E-state index in [4.69, 9.17) is 9.26 Å². The highest BCUT2D eigenvalue weighted by Gasteiger charge is 2.52. The van der Waals surface area contributed by atoms with Crippen molar-refractivity contribution in [1.82, 2.24) is 0 Å². The lowest BCUT2D eigenvalue weighted by atomic mass is 10.1. The predicted octanol–water partition coefficient (Wildman–Crippen LogP) is 2.81. The Bertz CT molecular complexity index is 784. The Morgan fingerprint density at radius 2 is 1.31 bits per heavy atom. The fourth-order valence-corrected chi connectivity index (χ4v) is 8.25. The van der Waals surface area contributed by atoms with Gasteiger partial charge in [-0.2, -0.15) is 0 Å². The Hall–Kier alpha value is -2.78. The van der Waals surface area contributed by atoms with E-state index in [2.05, 4.69) is 20.8 Å². The molecular weight excluding hydrogens is 392 g/mol. The van der Waals surface area contributed by atoms with Gasteiger partial charge in [0.05, 0.1) is 6.61 Å². The average Bonchev–Trinajstić information content (AvgIpc) is 2.61. The molecule has 0 fully saturated rings. The van der Waals surface area contributed by atoms with E-state index in [9.17, 15) is 20.2 Å². The Kier molecular flexibility index (Phi) is 6.76. The number of hydrogen-bond acceptors (Lipinski definition) is 6. The van der Waals surface area contributed by atoms with Crippen molar-refractivity contribution in [3.63, 3.8) is 0 Å². The van der Waals surface area contributed by atoms with Crippen LogP contribution in [0, 0.1) is 20.2 Å². The molecule has 1 atom stereocenters. The summed E-state index contributed by atoms with van der Waals surface area (Å²) in [6.07, 6.45) is 0. The van der Waals surface area contributed by atoms with Gasteiger partial charge in [-0.3, -0.25) is 15.0 Å². The van der Waals surface area contributed by atoms with Gasteiger partial charge in [0.2, 0.25) is 12.1 Å². The molecule has 0 aromatic heterocycles. The maximum absolute atomic E-state index is 11.1. The zero-order valence-electron chi connectivity index (χ0n) is 17.0. The van der Waals surface area contributed by atoms with Crippen molar-refractivity contribution in [2.75, 3.05) is 13.2 Å². The van der Waals surface area contributed by atoms with E-state index in [-0.39, 0.29) is 11.6 Å². The second-order valence-corrected chi connectivity index (χ2v) is 12.5. The predicted molar refractivity (Wildman–Crippen MR) is 112 cm³/mol. The van der Waals surface area contributed by atoms with Crippen molar-refractivity contribution in [3.05, 3.63) is 80.9 Å². The first kappa shape index (κ1) is 22.5. The normalized spacial score (nSPS) is 14.1. The molecule has 0 amide bonds. The lowest BCUT2D eigenvalue weighted by Crippen LogP contribution is -2.68. The summed E-state index contributed by atoms with van der Waals surface area (Å²) in [6.45, 7) is 6.46. The van der Waals surface area contributed by atoms with E-state index < -0.39 is 30.5 Å². The summed E-state index contributed by atoms with van der Waals surface area (Å²) < 4.78 is 6.54. The maximum atomic E-state index is 11.1. The second-order valence-electron chi connectivity index (χ2n) is 8.21. The summed E-state index contributed by atoms with van der Waals surface area (Å²) in [5.74, 6) is 0. The molecular formula is C20H26N2O6Si. The number of nitrogens with zero attached hydrogens (tertiary/aromatic N) is 2. The minimum Gasteiger partial charge on any atom is -0.405 e. The van der Waals surface area contributed by atoms with Crippen LogP contribution in [0.4, 0.5) is 0 Å². The van der Waals surface area contributed by atoms with Crippen LogP contribution in [0.2, 0.25) is 5.04 Å². The minimum atomic E-state index is -2.99. The van der Waals surface area contributed by atoms with Gasteiger partial charge in [0.15, 0.2) is 0 Å². The Labute approximate surface area is 170 Å². The van der Waals surface area contributed by atoms with Crippen LogP contribution in [0.25, 0.3) is 0 Å². The molecule has 0 spiro atoms. The number of hydrogen-bond donors (Lipinski definition) is 0. The lowest BCUT2D eigenvalue weighted by molar-refractivity contribution is -0.787. The summed E-state index contributed by atoms with van der Waals surface area (Å²) in [5.41, 5.74) is -1.71. The first-order chi connectivity index (χ1) is 13.5. The fraction of sp³-hybridized carbons (Fsp3) is 0.400. The molecule has 1 unspecified atom stereocenters. The van der Waals surface area contributed by atoms with Crippen LogP contribution in [-0.2, 0) is 9.26 Å². The summed E-state index contributed by atoms with van der Waals surface area (Å²) in [5, 5.41) is 22.7. The zero-order chi connectivity index (χ0) is 21.7. The van der Waals surface area contributed by atoms with Crippen LogP contribution in [-0.4, -0.2) is 37.1 Å². The van der Waals surface area contributed by atoms with Crippen molar-refractivity contribution in [1.29, 1.82) is 0 Å². The summed E-state index contributed by atoms with van der Waals surface area (Å²) in [7, 11) is -2.99. The highest BCUT2D eigenvalue weighted by molar-refractivity contribution is 6.99. The van der Waals surface area contributed by atoms with Gasteiger partial charge in [-0.15, -0.1) is 10.1 Å². The topological polar surface area (TPSA) is 105 Å².